The van der Waals surface area contributed by atoms with Crippen LogP contribution in [0, 0.1) is 23.2 Å². The average molecular weight is 586 g/mol. The number of anilines is 1. The molecule has 0 unspecified atom stereocenters. The van der Waals surface area contributed by atoms with E-state index in [-0.39, 0.29) is 29.8 Å². The molecule has 2 aliphatic rings. The zero-order valence-corrected chi connectivity index (χ0v) is 23.5. The van der Waals surface area contributed by atoms with Crippen LogP contribution in [-0.2, 0) is 14.6 Å². The van der Waals surface area contributed by atoms with Crippen LogP contribution in [0.5, 0.6) is 0 Å². The summed E-state index contributed by atoms with van der Waals surface area (Å²) in [4.78, 5) is 24.7. The van der Waals surface area contributed by atoms with Crippen LogP contribution in [0.2, 0.25) is 0 Å². The van der Waals surface area contributed by atoms with Crippen LogP contribution in [-0.4, -0.2) is 61.1 Å². The number of carbonyl (C=O) groups excluding carboxylic acids is 1. The minimum Gasteiger partial charge on any atom is -0.369 e. The van der Waals surface area contributed by atoms with Gasteiger partial charge in [0.05, 0.1) is 28.1 Å². The first-order valence-electron chi connectivity index (χ1n) is 13.2. The van der Waals surface area contributed by atoms with Gasteiger partial charge in [0, 0.05) is 42.4 Å². The van der Waals surface area contributed by atoms with Crippen molar-refractivity contribution in [3.63, 3.8) is 0 Å². The van der Waals surface area contributed by atoms with Crippen LogP contribution in [0.25, 0.3) is 21.0 Å². The van der Waals surface area contributed by atoms with Gasteiger partial charge in [-0.2, -0.15) is 9.65 Å². The summed E-state index contributed by atoms with van der Waals surface area (Å²) in [5, 5.41) is 12.5. The van der Waals surface area contributed by atoms with Crippen molar-refractivity contribution in [2.75, 3.05) is 29.5 Å². The number of halogens is 2. The van der Waals surface area contributed by atoms with E-state index in [2.05, 4.69) is 10.3 Å². The van der Waals surface area contributed by atoms with Gasteiger partial charge in [-0.05, 0) is 56.0 Å². The number of nitrogens with zero attached hydrogens (tertiary/aromatic N) is 4. The minimum absolute atomic E-state index is 0.0376. The molecule has 0 bridgehead atoms. The molecule has 0 radical (unpaired) electrons. The highest BCUT2D eigenvalue weighted by Gasteiger charge is 2.39. The highest BCUT2D eigenvalue weighted by Crippen LogP contribution is 2.46. The van der Waals surface area contributed by atoms with E-state index < -0.39 is 33.9 Å². The highest BCUT2D eigenvalue weighted by atomic mass is 32.2. The normalized spacial score (nSPS) is 23.2. The summed E-state index contributed by atoms with van der Waals surface area (Å²) in [5.41, 5.74) is 3.06. The maximum Gasteiger partial charge on any atom is 0.224 e. The molecule has 3 heterocycles. The molecule has 12 heteroatoms. The first kappa shape index (κ1) is 28.1. The van der Waals surface area contributed by atoms with E-state index in [0.29, 0.717) is 42.2 Å². The number of carbonyl (C=O) groups is 1. The van der Waals surface area contributed by atoms with Crippen molar-refractivity contribution in [2.24, 2.45) is 5.92 Å². The van der Waals surface area contributed by atoms with Gasteiger partial charge in [-0.1, -0.05) is 12.1 Å². The molecule has 2 fully saturated rings. The molecule has 4 atom stereocenters. The predicted octanol–water partition coefficient (Wildman–Crippen LogP) is 4.50. The van der Waals surface area contributed by atoms with Crippen LogP contribution in [0.15, 0.2) is 42.6 Å². The number of aromatic nitrogens is 2. The lowest BCUT2D eigenvalue weighted by Gasteiger charge is -2.32. The number of hydrogen-bond acceptors (Lipinski definition) is 8. The molecule has 3 aromatic rings. The summed E-state index contributed by atoms with van der Waals surface area (Å²) in [6.07, 6.45) is 1.03. The fourth-order valence-corrected chi connectivity index (χ4v) is 7.63. The van der Waals surface area contributed by atoms with Gasteiger partial charge in [0.15, 0.2) is 9.84 Å². The van der Waals surface area contributed by atoms with E-state index in [1.165, 1.54) is 23.6 Å². The quantitative estimate of drug-likeness (QED) is 0.424. The molecule has 1 aliphatic carbocycles. The summed E-state index contributed by atoms with van der Waals surface area (Å²) >= 11 is 1.40. The molecule has 40 heavy (non-hydrogen) atoms. The second kappa shape index (κ2) is 11.6. The number of amides is 1. The number of nitrogens with one attached hydrogen (secondary N) is 1. The van der Waals surface area contributed by atoms with Crippen LogP contribution >= 0.6 is 11.3 Å². The monoisotopic (exact) mass is 585 g/mol. The Labute approximate surface area is 236 Å². The fourth-order valence-electron chi connectivity index (χ4n) is 5.30. The van der Waals surface area contributed by atoms with Crippen molar-refractivity contribution in [1.29, 1.82) is 5.26 Å². The third-order valence-corrected chi connectivity index (χ3v) is 10.3. The van der Waals surface area contributed by atoms with Gasteiger partial charge in [-0.15, -0.1) is 11.3 Å². The summed E-state index contributed by atoms with van der Waals surface area (Å²) in [5.74, 6) is -1.82. The number of pyridine rings is 1. The highest BCUT2D eigenvalue weighted by molar-refractivity contribution is 7.91. The molecule has 1 saturated carbocycles. The maximum absolute atomic E-state index is 14.6. The van der Waals surface area contributed by atoms with Crippen molar-refractivity contribution >= 4 is 32.8 Å². The Kier molecular flexibility index (Phi) is 8.14. The van der Waals surface area contributed by atoms with Crippen molar-refractivity contribution in [3.05, 3.63) is 54.2 Å². The lowest BCUT2D eigenvalue weighted by molar-refractivity contribution is -0.127. The van der Waals surface area contributed by atoms with E-state index >= 15 is 0 Å². The van der Waals surface area contributed by atoms with E-state index in [1.54, 1.807) is 13.0 Å². The zero-order chi connectivity index (χ0) is 28.4. The number of rotatable bonds is 6. The molecule has 1 aliphatic heterocycles. The zero-order valence-electron chi connectivity index (χ0n) is 21.9. The predicted molar refractivity (Wildman–Crippen MR) is 150 cm³/mol. The molecule has 210 valence electrons. The third kappa shape index (κ3) is 6.15. The fraction of sp³-hybridized carbons (Fsp3) is 0.429. The minimum atomic E-state index is -3.00. The Hall–Kier alpha value is -3.43. The van der Waals surface area contributed by atoms with E-state index in [9.17, 15) is 27.3 Å². The molecule has 2 aromatic heterocycles. The smallest absolute Gasteiger partial charge is 0.224 e. The Balaban J connectivity index is 1.52. The molecular weight excluding hydrogens is 556 g/mol. The first-order valence-corrected chi connectivity index (χ1v) is 15.8. The first-order chi connectivity index (χ1) is 19.1. The van der Waals surface area contributed by atoms with Gasteiger partial charge >= 0.3 is 0 Å². The largest absolute Gasteiger partial charge is 0.369 e. The van der Waals surface area contributed by atoms with Crippen molar-refractivity contribution < 1.29 is 22.0 Å². The summed E-state index contributed by atoms with van der Waals surface area (Å²) in [6.45, 7) is 2.44. The standard InChI is InChI=1S/C28H29F2N5O3S2/c1-17(15-31)33-27(36)23-14-20(29)5-8-22(23)25-26(39-28(34-25)19-4-9-24(30)32-16-19)18-2-6-21(7-3-18)35-10-12-40(37,38)13-11-35/h2-4,6-7,9,16-17,20,22-23H,5,8,10-14H2,1H3,(H,33,36)/t17-,20-,22+,23+/m0/s1. The van der Waals surface area contributed by atoms with E-state index in [4.69, 9.17) is 4.98 Å². The number of thiazole rings is 1. The Morgan fingerprint density at radius 1 is 1.15 bits per heavy atom. The van der Waals surface area contributed by atoms with Crippen molar-refractivity contribution in [3.8, 4) is 27.1 Å². The van der Waals surface area contributed by atoms with Crippen LogP contribution < -0.4 is 10.2 Å². The Morgan fingerprint density at radius 2 is 1.85 bits per heavy atom. The molecule has 5 rings (SSSR count). The Morgan fingerprint density at radius 3 is 2.50 bits per heavy atom. The molecule has 8 nitrogen and oxygen atoms in total. The summed E-state index contributed by atoms with van der Waals surface area (Å²) in [7, 11) is -3.00. The lowest BCUT2D eigenvalue weighted by atomic mass is 9.75. The van der Waals surface area contributed by atoms with E-state index in [1.807, 2.05) is 35.2 Å². The van der Waals surface area contributed by atoms with Gasteiger partial charge < -0.3 is 10.2 Å². The van der Waals surface area contributed by atoms with Crippen molar-refractivity contribution in [1.82, 2.24) is 15.3 Å². The van der Waals surface area contributed by atoms with Crippen LogP contribution in [0.3, 0.4) is 0 Å². The van der Waals surface area contributed by atoms with Crippen molar-refractivity contribution in [2.45, 2.75) is 44.3 Å². The van der Waals surface area contributed by atoms with Gasteiger partial charge in [-0.3, -0.25) is 4.79 Å². The molecule has 1 aromatic carbocycles. The molecular formula is C28H29F2N5O3S2. The van der Waals surface area contributed by atoms with Gasteiger partial charge in [-0.25, -0.2) is 22.8 Å². The Bertz CT molecular complexity index is 1510. The van der Waals surface area contributed by atoms with Crippen LogP contribution in [0.4, 0.5) is 14.5 Å². The maximum atomic E-state index is 14.6. The number of benzene rings is 1. The molecule has 1 saturated heterocycles. The van der Waals surface area contributed by atoms with Gasteiger partial charge in [0.25, 0.3) is 0 Å². The van der Waals surface area contributed by atoms with E-state index in [0.717, 1.165) is 16.1 Å². The van der Waals surface area contributed by atoms with Gasteiger partial charge in [0.2, 0.25) is 11.9 Å². The third-order valence-electron chi connectivity index (χ3n) is 7.49. The number of sulfone groups is 1. The lowest BCUT2D eigenvalue weighted by Crippen LogP contribution is -2.41. The average Bonchev–Trinajstić information content (AvgIpc) is 3.38. The second-order valence-electron chi connectivity index (χ2n) is 10.3. The summed E-state index contributed by atoms with van der Waals surface area (Å²) in [6, 6.07) is 11.9. The number of alkyl halides is 1. The molecule has 1 amide bonds. The van der Waals surface area contributed by atoms with Gasteiger partial charge in [0.1, 0.15) is 17.2 Å². The van der Waals surface area contributed by atoms with Crippen LogP contribution in [0.1, 0.15) is 37.8 Å². The number of hydrogen-bond donors (Lipinski definition) is 1. The second-order valence-corrected chi connectivity index (χ2v) is 13.6. The SMILES string of the molecule is C[C@@H](C#N)NC(=O)[C@@H]1C[C@@H](F)CC[C@H]1c1nc(-c2ccc(F)nc2)sc1-c1ccc(N2CCS(=O)(=O)CC2)cc1. The molecule has 0 spiro atoms. The number of nitriles is 1. The topological polar surface area (TPSA) is 116 Å². The summed E-state index contributed by atoms with van der Waals surface area (Å²) < 4.78 is 51.7. The molecule has 1 N–H and O–H groups in total.